The van der Waals surface area contributed by atoms with Gasteiger partial charge in [0.25, 0.3) is 0 Å². The number of carbonyl (C=O) groups excluding carboxylic acids is 1. The average molecular weight is 468 g/mol. The van der Waals surface area contributed by atoms with E-state index >= 15 is 0 Å². The predicted octanol–water partition coefficient (Wildman–Crippen LogP) is 4.49. The molecular weight excluding hydrogens is 443 g/mol. The minimum absolute atomic E-state index is 0.169. The lowest BCUT2D eigenvalue weighted by molar-refractivity contribution is -0.268. The molecule has 1 aliphatic heterocycles. The van der Waals surface area contributed by atoms with Crippen LogP contribution in [0, 0.1) is 6.92 Å². The Bertz CT molecular complexity index is 1120. The highest BCUT2D eigenvalue weighted by Gasteiger charge is 2.58. The molecule has 1 atom stereocenters. The monoisotopic (exact) mass is 467 g/mol. The second-order valence-electron chi connectivity index (χ2n) is 8.14. The molecule has 1 amide bonds. The Hall–Kier alpha value is -2.59. The highest BCUT2D eigenvalue weighted by atomic mass is 32.1. The molecule has 0 aliphatic carbocycles. The summed E-state index contributed by atoms with van der Waals surface area (Å²) < 4.78 is 46.5. The van der Waals surface area contributed by atoms with Crippen molar-refractivity contribution in [3.05, 3.63) is 46.0 Å². The number of hydrogen-bond acceptors (Lipinski definition) is 5. The summed E-state index contributed by atoms with van der Waals surface area (Å²) in [7, 11) is 1.60. The minimum Gasteiger partial charge on any atom is -0.497 e. The van der Waals surface area contributed by atoms with Crippen LogP contribution in [-0.2, 0) is 10.4 Å². The molecule has 0 spiro atoms. The molecule has 1 aliphatic rings. The summed E-state index contributed by atoms with van der Waals surface area (Å²) in [5.41, 5.74) is -0.826. The molecule has 1 unspecified atom stereocenters. The van der Waals surface area contributed by atoms with Crippen LogP contribution in [0.2, 0.25) is 0 Å². The number of carbonyl (C=O) groups is 1. The van der Waals surface area contributed by atoms with Gasteiger partial charge in [0.05, 0.1) is 13.5 Å². The average Bonchev–Trinajstić information content (AvgIpc) is 3.39. The number of aromatic nitrogens is 2. The first-order chi connectivity index (χ1) is 15.1. The molecule has 0 bridgehead atoms. The summed E-state index contributed by atoms with van der Waals surface area (Å²) in [6.07, 6.45) is -2.89. The van der Waals surface area contributed by atoms with Crippen LogP contribution in [0.5, 0.6) is 5.75 Å². The van der Waals surface area contributed by atoms with E-state index in [0.29, 0.717) is 43.0 Å². The number of rotatable bonds is 5. The van der Waals surface area contributed by atoms with Crippen molar-refractivity contribution < 1.29 is 27.8 Å². The largest absolute Gasteiger partial charge is 0.497 e. The van der Waals surface area contributed by atoms with Gasteiger partial charge in [-0.15, -0.1) is 11.3 Å². The van der Waals surface area contributed by atoms with Crippen LogP contribution in [0.15, 0.2) is 29.8 Å². The zero-order chi connectivity index (χ0) is 23.1. The number of aromatic amines is 1. The van der Waals surface area contributed by atoms with Crippen molar-refractivity contribution in [1.82, 2.24) is 14.9 Å². The molecular formula is C22H24F3N3O3S. The van der Waals surface area contributed by atoms with Gasteiger partial charge in [-0.05, 0) is 49.4 Å². The van der Waals surface area contributed by atoms with E-state index < -0.39 is 29.1 Å². The first-order valence-corrected chi connectivity index (χ1v) is 11.1. The number of fused-ring (bicyclic) bond motifs is 1. The van der Waals surface area contributed by atoms with E-state index in [1.54, 1.807) is 14.0 Å². The van der Waals surface area contributed by atoms with Gasteiger partial charge < -0.3 is 19.7 Å². The number of thiazole rings is 1. The second-order valence-corrected chi connectivity index (χ2v) is 9.00. The van der Waals surface area contributed by atoms with E-state index in [4.69, 9.17) is 4.74 Å². The minimum atomic E-state index is -5.01. The molecule has 3 heterocycles. The fourth-order valence-electron chi connectivity index (χ4n) is 4.20. The van der Waals surface area contributed by atoms with E-state index in [1.165, 1.54) is 10.3 Å². The number of nitrogens with zero attached hydrogens (tertiary/aromatic N) is 2. The lowest BCUT2D eigenvalue weighted by Gasteiger charge is -2.35. The highest BCUT2D eigenvalue weighted by Crippen LogP contribution is 2.43. The maximum Gasteiger partial charge on any atom is 0.424 e. The molecule has 32 heavy (non-hydrogen) atoms. The maximum absolute atomic E-state index is 13.7. The first kappa shape index (κ1) is 22.6. The van der Waals surface area contributed by atoms with Crippen molar-refractivity contribution in [3.8, 4) is 5.75 Å². The van der Waals surface area contributed by atoms with E-state index in [1.807, 2.05) is 24.4 Å². The zero-order valence-electron chi connectivity index (χ0n) is 17.7. The number of likely N-dealkylation sites (tertiary alicyclic amines) is 1. The van der Waals surface area contributed by atoms with Crippen molar-refractivity contribution >= 4 is 28.1 Å². The smallest absolute Gasteiger partial charge is 0.424 e. The Kier molecular flexibility index (Phi) is 5.93. The summed E-state index contributed by atoms with van der Waals surface area (Å²) in [6, 6.07) is 5.77. The van der Waals surface area contributed by atoms with Crippen LogP contribution in [0.3, 0.4) is 0 Å². The van der Waals surface area contributed by atoms with Crippen LogP contribution in [0.4, 0.5) is 13.2 Å². The van der Waals surface area contributed by atoms with E-state index in [9.17, 15) is 23.1 Å². The molecule has 10 heteroatoms. The van der Waals surface area contributed by atoms with Gasteiger partial charge in [-0.1, -0.05) is 0 Å². The number of amides is 1. The number of alkyl halides is 3. The number of halogens is 3. The van der Waals surface area contributed by atoms with Crippen molar-refractivity contribution in [2.75, 3.05) is 20.2 Å². The SMILES string of the molecule is COc1ccc2[nH]cc(C3CCN(C(=O)CC(O)(c4nc(C)cs4)C(F)(F)F)CC3)c2c1. The zero-order valence-corrected chi connectivity index (χ0v) is 18.5. The van der Waals surface area contributed by atoms with Crippen molar-refractivity contribution in [3.63, 3.8) is 0 Å². The fraction of sp³-hybridized carbons (Fsp3) is 0.455. The van der Waals surface area contributed by atoms with Gasteiger partial charge in [0.2, 0.25) is 11.5 Å². The lowest BCUT2D eigenvalue weighted by atomic mass is 9.88. The van der Waals surface area contributed by atoms with Crippen LogP contribution in [0.1, 0.15) is 41.4 Å². The number of aryl methyl sites for hydroxylation is 1. The molecule has 1 fully saturated rings. The highest BCUT2D eigenvalue weighted by molar-refractivity contribution is 7.09. The normalized spacial score (nSPS) is 17.5. The fourth-order valence-corrected chi connectivity index (χ4v) is 5.11. The molecule has 6 nitrogen and oxygen atoms in total. The molecule has 4 rings (SSSR count). The van der Waals surface area contributed by atoms with Gasteiger partial charge in [0, 0.05) is 41.3 Å². The standard InChI is InChI=1S/C22H24F3N3O3S/c1-13-12-32-20(27-13)21(30,22(23,24)25)10-19(29)28-7-5-14(6-8-28)17-11-26-18-4-3-15(31-2)9-16(17)18/h3-4,9,11-12,14,26,30H,5-8,10H2,1-2H3. The van der Waals surface area contributed by atoms with Crippen LogP contribution in [0.25, 0.3) is 10.9 Å². The third-order valence-corrected chi connectivity index (χ3v) is 7.17. The Morgan fingerprint density at radius 1 is 1.34 bits per heavy atom. The molecule has 172 valence electrons. The van der Waals surface area contributed by atoms with E-state index in [-0.39, 0.29) is 5.92 Å². The molecule has 3 aromatic rings. The molecule has 2 N–H and O–H groups in total. The Labute approximate surface area is 187 Å². The lowest BCUT2D eigenvalue weighted by Crippen LogP contribution is -2.48. The van der Waals surface area contributed by atoms with Gasteiger partial charge >= 0.3 is 6.18 Å². The first-order valence-electron chi connectivity index (χ1n) is 10.3. The Morgan fingerprint density at radius 2 is 2.06 bits per heavy atom. The van der Waals surface area contributed by atoms with Crippen molar-refractivity contribution in [2.24, 2.45) is 0 Å². The topological polar surface area (TPSA) is 78.5 Å². The van der Waals surface area contributed by atoms with Crippen LogP contribution >= 0.6 is 11.3 Å². The second kappa shape index (κ2) is 8.40. The van der Waals surface area contributed by atoms with E-state index in [2.05, 4.69) is 9.97 Å². The quantitative estimate of drug-likeness (QED) is 0.580. The summed E-state index contributed by atoms with van der Waals surface area (Å²) in [5.74, 6) is 0.189. The number of H-pyrrole nitrogens is 1. The summed E-state index contributed by atoms with van der Waals surface area (Å²) in [6.45, 7) is 2.19. The van der Waals surface area contributed by atoms with Crippen molar-refractivity contribution in [1.29, 1.82) is 0 Å². The van der Waals surface area contributed by atoms with Gasteiger partial charge in [-0.2, -0.15) is 13.2 Å². The summed E-state index contributed by atoms with van der Waals surface area (Å²) in [4.78, 5) is 21.2. The number of benzene rings is 1. The maximum atomic E-state index is 13.7. The van der Waals surface area contributed by atoms with Gasteiger partial charge in [-0.25, -0.2) is 4.98 Å². The van der Waals surface area contributed by atoms with E-state index in [0.717, 1.165) is 22.2 Å². The molecule has 0 radical (unpaired) electrons. The number of aliphatic hydroxyl groups is 1. The molecule has 1 saturated heterocycles. The summed E-state index contributed by atoms with van der Waals surface area (Å²) >= 11 is 0.709. The number of hydrogen-bond donors (Lipinski definition) is 2. The number of ether oxygens (including phenoxy) is 1. The molecule has 2 aromatic heterocycles. The number of methoxy groups -OCH3 is 1. The third-order valence-electron chi connectivity index (χ3n) is 6.06. The molecule has 1 aromatic carbocycles. The van der Waals surface area contributed by atoms with Crippen LogP contribution < -0.4 is 4.74 Å². The number of nitrogens with one attached hydrogen (secondary N) is 1. The van der Waals surface area contributed by atoms with Crippen molar-refractivity contribution in [2.45, 2.75) is 43.9 Å². The number of piperidine rings is 1. The Balaban J connectivity index is 1.46. The molecule has 0 saturated carbocycles. The van der Waals surface area contributed by atoms with Crippen LogP contribution in [-0.4, -0.2) is 52.3 Å². The summed E-state index contributed by atoms with van der Waals surface area (Å²) in [5, 5.41) is 12.4. The third kappa shape index (κ3) is 4.09. The van der Waals surface area contributed by atoms with Gasteiger partial charge in [-0.3, -0.25) is 4.79 Å². The Morgan fingerprint density at radius 3 is 2.66 bits per heavy atom. The van der Waals surface area contributed by atoms with Gasteiger partial charge in [0.1, 0.15) is 10.8 Å². The van der Waals surface area contributed by atoms with Gasteiger partial charge in [0.15, 0.2) is 0 Å². The predicted molar refractivity (Wildman–Crippen MR) is 115 cm³/mol.